The van der Waals surface area contributed by atoms with Gasteiger partial charge in [-0.2, -0.15) is 4.31 Å². The minimum atomic E-state index is -3.62. The number of rotatable bonds is 4. The van der Waals surface area contributed by atoms with E-state index in [1.807, 2.05) is 30.3 Å². The third-order valence-corrected chi connectivity index (χ3v) is 6.30. The number of morpholine rings is 1. The highest BCUT2D eigenvalue weighted by Gasteiger charge is 2.35. The Hall–Kier alpha value is -1.89. The van der Waals surface area contributed by atoms with E-state index in [-0.39, 0.29) is 6.04 Å². The van der Waals surface area contributed by atoms with E-state index in [4.69, 9.17) is 9.47 Å². The lowest BCUT2D eigenvalue weighted by Gasteiger charge is -2.35. The first-order valence-electron chi connectivity index (χ1n) is 7.83. The lowest BCUT2D eigenvalue weighted by molar-refractivity contribution is 0.0320. The SMILES string of the molecule is COc1ccc(S(=O)(=O)N2CCOCC2c2ccccc2)c(C)c1. The largest absolute Gasteiger partial charge is 0.497 e. The fourth-order valence-corrected chi connectivity index (χ4v) is 4.77. The summed E-state index contributed by atoms with van der Waals surface area (Å²) in [4.78, 5) is 0.311. The van der Waals surface area contributed by atoms with Gasteiger partial charge in [0.1, 0.15) is 5.75 Å². The molecule has 0 N–H and O–H groups in total. The van der Waals surface area contributed by atoms with Crippen molar-refractivity contribution in [3.63, 3.8) is 0 Å². The molecule has 1 fully saturated rings. The molecule has 0 aliphatic carbocycles. The van der Waals surface area contributed by atoms with Crippen LogP contribution in [-0.4, -0.2) is 39.6 Å². The second kappa shape index (κ2) is 6.93. The fourth-order valence-electron chi connectivity index (χ4n) is 2.98. The van der Waals surface area contributed by atoms with Gasteiger partial charge in [-0.3, -0.25) is 0 Å². The molecular weight excluding hydrogens is 326 g/mol. The third-order valence-electron chi connectivity index (χ3n) is 4.23. The van der Waals surface area contributed by atoms with Crippen molar-refractivity contribution in [2.75, 3.05) is 26.9 Å². The van der Waals surface area contributed by atoms with Crippen LogP contribution < -0.4 is 4.74 Å². The van der Waals surface area contributed by atoms with Gasteiger partial charge in [-0.25, -0.2) is 8.42 Å². The summed E-state index contributed by atoms with van der Waals surface area (Å²) < 4.78 is 38.7. The van der Waals surface area contributed by atoms with Crippen LogP contribution in [-0.2, 0) is 14.8 Å². The Kier molecular flexibility index (Phi) is 4.89. The average molecular weight is 347 g/mol. The molecule has 2 aromatic rings. The monoisotopic (exact) mass is 347 g/mol. The van der Waals surface area contributed by atoms with Gasteiger partial charge in [0.05, 0.1) is 31.3 Å². The van der Waals surface area contributed by atoms with Crippen molar-refractivity contribution < 1.29 is 17.9 Å². The second-order valence-electron chi connectivity index (χ2n) is 5.75. The highest BCUT2D eigenvalue weighted by Crippen LogP contribution is 2.32. The Morgan fingerprint density at radius 3 is 2.58 bits per heavy atom. The molecule has 0 radical (unpaired) electrons. The molecule has 1 unspecified atom stereocenters. The summed E-state index contributed by atoms with van der Waals surface area (Å²) in [7, 11) is -2.05. The molecule has 0 spiro atoms. The van der Waals surface area contributed by atoms with Crippen LogP contribution >= 0.6 is 0 Å². The minimum Gasteiger partial charge on any atom is -0.497 e. The van der Waals surface area contributed by atoms with E-state index in [1.54, 1.807) is 36.5 Å². The molecule has 1 saturated heterocycles. The molecule has 0 amide bonds. The van der Waals surface area contributed by atoms with Gasteiger partial charge in [0.2, 0.25) is 10.0 Å². The van der Waals surface area contributed by atoms with Crippen molar-refractivity contribution in [1.82, 2.24) is 4.31 Å². The fraction of sp³-hybridized carbons (Fsp3) is 0.333. The standard InChI is InChI=1S/C18H21NO4S/c1-14-12-16(22-2)8-9-18(14)24(20,21)19-10-11-23-13-17(19)15-6-4-3-5-7-15/h3-9,12,17H,10-11,13H2,1-2H3. The number of hydrogen-bond donors (Lipinski definition) is 0. The van der Waals surface area contributed by atoms with Crippen LogP contribution in [0.4, 0.5) is 0 Å². The summed E-state index contributed by atoms with van der Waals surface area (Å²) in [5.41, 5.74) is 1.61. The second-order valence-corrected chi connectivity index (χ2v) is 7.61. The van der Waals surface area contributed by atoms with Gasteiger partial charge in [0.25, 0.3) is 0 Å². The van der Waals surface area contributed by atoms with E-state index in [0.717, 1.165) is 5.56 Å². The maximum Gasteiger partial charge on any atom is 0.244 e. The van der Waals surface area contributed by atoms with E-state index < -0.39 is 10.0 Å². The number of benzene rings is 2. The van der Waals surface area contributed by atoms with E-state index >= 15 is 0 Å². The van der Waals surface area contributed by atoms with Crippen LogP contribution in [0.2, 0.25) is 0 Å². The van der Waals surface area contributed by atoms with Crippen LogP contribution in [0.1, 0.15) is 17.2 Å². The summed E-state index contributed by atoms with van der Waals surface area (Å²) in [6.07, 6.45) is 0. The summed E-state index contributed by atoms with van der Waals surface area (Å²) in [6.45, 7) is 2.89. The van der Waals surface area contributed by atoms with Crippen molar-refractivity contribution >= 4 is 10.0 Å². The number of ether oxygens (including phenoxy) is 2. The van der Waals surface area contributed by atoms with Gasteiger partial charge in [-0.15, -0.1) is 0 Å². The highest BCUT2D eigenvalue weighted by atomic mass is 32.2. The first-order valence-corrected chi connectivity index (χ1v) is 9.27. The van der Waals surface area contributed by atoms with E-state index in [0.29, 0.717) is 36.0 Å². The summed E-state index contributed by atoms with van der Waals surface area (Å²) in [5, 5.41) is 0. The number of sulfonamides is 1. The van der Waals surface area contributed by atoms with Crippen LogP contribution in [0.15, 0.2) is 53.4 Å². The van der Waals surface area contributed by atoms with E-state index in [1.165, 1.54) is 0 Å². The highest BCUT2D eigenvalue weighted by molar-refractivity contribution is 7.89. The van der Waals surface area contributed by atoms with Crippen molar-refractivity contribution in [1.29, 1.82) is 0 Å². The summed E-state index contributed by atoms with van der Waals surface area (Å²) >= 11 is 0. The Labute approximate surface area is 142 Å². The van der Waals surface area contributed by atoms with Gasteiger partial charge >= 0.3 is 0 Å². The van der Waals surface area contributed by atoms with Crippen LogP contribution in [0.25, 0.3) is 0 Å². The molecule has 5 nitrogen and oxygen atoms in total. The van der Waals surface area contributed by atoms with E-state index in [2.05, 4.69) is 0 Å². The zero-order valence-electron chi connectivity index (χ0n) is 13.8. The molecule has 0 aromatic heterocycles. The van der Waals surface area contributed by atoms with E-state index in [9.17, 15) is 8.42 Å². The molecule has 1 aliphatic heterocycles. The molecular formula is C18H21NO4S. The quantitative estimate of drug-likeness (QED) is 0.853. The molecule has 6 heteroatoms. The topological polar surface area (TPSA) is 55.8 Å². The van der Waals surface area contributed by atoms with Crippen LogP contribution in [0, 0.1) is 6.92 Å². The summed E-state index contributed by atoms with van der Waals surface area (Å²) in [5.74, 6) is 0.646. The lowest BCUT2D eigenvalue weighted by Crippen LogP contribution is -2.43. The van der Waals surface area contributed by atoms with Gasteiger partial charge < -0.3 is 9.47 Å². The molecule has 1 atom stereocenters. The number of nitrogens with zero attached hydrogens (tertiary/aromatic N) is 1. The number of hydrogen-bond acceptors (Lipinski definition) is 4. The lowest BCUT2D eigenvalue weighted by atomic mass is 10.1. The van der Waals surface area contributed by atoms with Crippen LogP contribution in [0.5, 0.6) is 5.75 Å². The summed E-state index contributed by atoms with van der Waals surface area (Å²) in [6, 6.07) is 14.3. The first-order chi connectivity index (χ1) is 11.5. The molecule has 1 aliphatic rings. The molecule has 24 heavy (non-hydrogen) atoms. The van der Waals surface area contributed by atoms with Gasteiger partial charge in [-0.1, -0.05) is 30.3 Å². The van der Waals surface area contributed by atoms with Crippen molar-refractivity contribution in [3.8, 4) is 5.75 Å². The van der Waals surface area contributed by atoms with Gasteiger partial charge in [0.15, 0.2) is 0 Å². The molecule has 1 heterocycles. The zero-order valence-corrected chi connectivity index (χ0v) is 14.6. The zero-order chi connectivity index (χ0) is 17.2. The molecule has 128 valence electrons. The molecule has 2 aromatic carbocycles. The van der Waals surface area contributed by atoms with Crippen molar-refractivity contribution in [3.05, 3.63) is 59.7 Å². The van der Waals surface area contributed by atoms with Crippen molar-refractivity contribution in [2.24, 2.45) is 0 Å². The normalized spacial score (nSPS) is 19.2. The predicted molar refractivity (Wildman–Crippen MR) is 91.6 cm³/mol. The van der Waals surface area contributed by atoms with Crippen molar-refractivity contribution in [2.45, 2.75) is 17.9 Å². The Bertz CT molecular complexity index is 805. The number of aryl methyl sites for hydroxylation is 1. The molecule has 0 saturated carbocycles. The average Bonchev–Trinajstić information content (AvgIpc) is 2.62. The molecule has 3 rings (SSSR count). The maximum absolute atomic E-state index is 13.2. The smallest absolute Gasteiger partial charge is 0.244 e. The Morgan fingerprint density at radius 2 is 1.92 bits per heavy atom. The first kappa shape index (κ1) is 17.0. The predicted octanol–water partition coefficient (Wildman–Crippen LogP) is 2.77. The Morgan fingerprint density at radius 1 is 1.17 bits per heavy atom. The maximum atomic E-state index is 13.2. The number of methoxy groups -OCH3 is 1. The van der Waals surface area contributed by atoms with Crippen LogP contribution in [0.3, 0.4) is 0 Å². The Balaban J connectivity index is 2.00. The third kappa shape index (κ3) is 3.17. The van der Waals surface area contributed by atoms with Gasteiger partial charge in [-0.05, 0) is 36.2 Å². The van der Waals surface area contributed by atoms with Gasteiger partial charge in [0, 0.05) is 6.54 Å². The molecule has 0 bridgehead atoms. The minimum absolute atomic E-state index is 0.311.